The van der Waals surface area contributed by atoms with Gasteiger partial charge in [-0.2, -0.15) is 0 Å². The molecule has 8 heteroatoms. The molecule has 2 aromatic rings. The van der Waals surface area contributed by atoms with Crippen molar-refractivity contribution in [1.82, 2.24) is 15.3 Å². The summed E-state index contributed by atoms with van der Waals surface area (Å²) in [5.74, 6) is -0.144. The lowest BCUT2D eigenvalue weighted by atomic mass is 9.87. The molecule has 0 aromatic heterocycles. The number of aromatic nitrogens is 2. The molecular weight excluding hydrogens is 645 g/mol. The summed E-state index contributed by atoms with van der Waals surface area (Å²) in [5.41, 5.74) is 17.5. The molecule has 1 aliphatic carbocycles. The number of rotatable bonds is 5. The van der Waals surface area contributed by atoms with Crippen LogP contribution in [-0.4, -0.2) is 34.5 Å². The molecule has 2 aromatic carbocycles. The van der Waals surface area contributed by atoms with Crippen LogP contribution < -0.4 is 15.9 Å². The van der Waals surface area contributed by atoms with E-state index in [0.29, 0.717) is 12.8 Å². The third-order valence-corrected chi connectivity index (χ3v) is 11.8. The van der Waals surface area contributed by atoms with Gasteiger partial charge >= 0.3 is 5.97 Å². The molecule has 2 atom stereocenters. The van der Waals surface area contributed by atoms with E-state index < -0.39 is 0 Å². The third kappa shape index (κ3) is 4.76. The second-order valence-electron chi connectivity index (χ2n) is 14.5. The molecule has 1 saturated heterocycles. The van der Waals surface area contributed by atoms with Crippen LogP contribution in [0.4, 0.5) is 0 Å². The van der Waals surface area contributed by atoms with Crippen LogP contribution in [0.25, 0.3) is 44.5 Å². The number of nitrogens with zero attached hydrogens (tertiary/aromatic N) is 4. The van der Waals surface area contributed by atoms with Gasteiger partial charge < -0.3 is 15.0 Å². The lowest BCUT2D eigenvalue weighted by Gasteiger charge is -2.15. The van der Waals surface area contributed by atoms with Crippen LogP contribution >= 0.6 is 0 Å². The number of esters is 1. The second-order valence-corrected chi connectivity index (χ2v) is 14.5. The smallest absolute Gasteiger partial charge is 0.305 e. The average Bonchev–Trinajstić information content (AvgIpc) is 3.89. The fourth-order valence-corrected chi connectivity index (χ4v) is 8.80. The highest BCUT2D eigenvalue weighted by molar-refractivity contribution is 6.16. The van der Waals surface area contributed by atoms with Gasteiger partial charge in [0.25, 0.3) is 0 Å². The molecule has 1 fully saturated rings. The van der Waals surface area contributed by atoms with Gasteiger partial charge in [0.05, 0.1) is 63.4 Å². The number of hydrogen-bond donors (Lipinski definition) is 2. The van der Waals surface area contributed by atoms with Crippen molar-refractivity contribution >= 4 is 50.5 Å². The SMILES string of the molecule is CCC1=C(C)C2=NC1=CC1=C(C)c3c4[nH]c5cc6ccccc6cc5nc-4c(c3=N1)=C1NC(=CC3=NC(=C2)C(CC)=C3C)[C@@H](C)[C@@H]1CCC(=O)OC. The first-order valence-electron chi connectivity index (χ1n) is 18.4. The van der Waals surface area contributed by atoms with Crippen LogP contribution in [0.1, 0.15) is 72.8 Å². The van der Waals surface area contributed by atoms with Crippen molar-refractivity contribution < 1.29 is 9.53 Å². The number of hydrogen-bond acceptors (Lipinski definition) is 7. The number of ether oxygens (including phenoxy) is 1. The summed E-state index contributed by atoms with van der Waals surface area (Å²) in [6.07, 6.45) is 9.20. The van der Waals surface area contributed by atoms with Crippen LogP contribution in [0.5, 0.6) is 0 Å². The van der Waals surface area contributed by atoms with E-state index in [1.54, 1.807) is 0 Å². The highest BCUT2D eigenvalue weighted by Crippen LogP contribution is 2.41. The number of methoxy groups -OCH3 is 1. The molecule has 260 valence electrons. The first-order valence-corrected chi connectivity index (χ1v) is 18.4. The Balaban J connectivity index is 1.40. The van der Waals surface area contributed by atoms with Crippen molar-refractivity contribution in [2.24, 2.45) is 26.8 Å². The maximum atomic E-state index is 12.6. The monoisotopic (exact) mass is 686 g/mol. The van der Waals surface area contributed by atoms with E-state index in [0.717, 1.165) is 108 Å². The minimum absolute atomic E-state index is 0.00598. The number of fused-ring (bicyclic) bond motifs is 10. The lowest BCUT2D eigenvalue weighted by molar-refractivity contribution is -0.140. The van der Waals surface area contributed by atoms with Gasteiger partial charge in [-0.25, -0.2) is 20.0 Å². The number of aromatic amines is 1. The molecule has 8 nitrogen and oxygen atoms in total. The van der Waals surface area contributed by atoms with Crippen LogP contribution in [-0.2, 0) is 9.53 Å². The minimum Gasteiger partial charge on any atom is -0.469 e. The quantitative estimate of drug-likeness (QED) is 0.163. The Bertz CT molecular complexity index is 2670. The Morgan fingerprint density at radius 1 is 0.865 bits per heavy atom. The Morgan fingerprint density at radius 2 is 1.54 bits per heavy atom. The topological polar surface area (TPSA) is 104 Å². The Hall–Kier alpha value is -5.63. The summed E-state index contributed by atoms with van der Waals surface area (Å²) in [4.78, 5) is 37.7. The van der Waals surface area contributed by atoms with Crippen molar-refractivity contribution in [2.75, 3.05) is 7.11 Å². The largest absolute Gasteiger partial charge is 0.469 e. The predicted molar refractivity (Wildman–Crippen MR) is 209 cm³/mol. The van der Waals surface area contributed by atoms with Gasteiger partial charge in [0.15, 0.2) is 0 Å². The zero-order valence-electron chi connectivity index (χ0n) is 30.8. The van der Waals surface area contributed by atoms with E-state index in [2.05, 4.69) is 106 Å². The highest BCUT2D eigenvalue weighted by atomic mass is 16.5. The Labute approximate surface area is 302 Å². The molecule has 8 bridgehead atoms. The molecule has 6 heterocycles. The molecule has 2 N–H and O–H groups in total. The van der Waals surface area contributed by atoms with Crippen molar-refractivity contribution in [3.8, 4) is 11.4 Å². The number of H-pyrrole nitrogens is 1. The zero-order valence-corrected chi connectivity index (χ0v) is 30.8. The first-order chi connectivity index (χ1) is 25.2. The fraction of sp³-hybridized carbons (Fsp3) is 0.295. The number of aliphatic imine (C=N–C) groups is 2. The minimum atomic E-state index is -0.215. The van der Waals surface area contributed by atoms with E-state index in [1.165, 1.54) is 29.4 Å². The fourth-order valence-electron chi connectivity index (χ4n) is 8.80. The molecular formula is C44H42N6O2. The highest BCUT2D eigenvalue weighted by Gasteiger charge is 2.38. The van der Waals surface area contributed by atoms with Crippen LogP contribution in [0, 0.1) is 11.8 Å². The van der Waals surface area contributed by atoms with Gasteiger partial charge in [0.2, 0.25) is 0 Å². The average molecular weight is 687 g/mol. The summed E-state index contributed by atoms with van der Waals surface area (Å²) in [6, 6.07) is 12.7. The molecule has 0 radical (unpaired) electrons. The summed E-state index contributed by atoms with van der Waals surface area (Å²) in [5, 5.41) is 8.08. The number of carbonyl (C=O) groups excluding carboxylic acids is 1. The summed E-state index contributed by atoms with van der Waals surface area (Å²) < 4.78 is 5.13. The standard InChI is InChI=1S/C44H42N6O2/c1-8-27-21(3)30-18-32-23(5)29(14-15-38(51)52-7)41(47-32)40-42-39(43-44(40)50-37-17-26-13-11-10-12-25(26)16-36(37)49-43)24(6)33(48-42)20-35-28(9-2)22(4)31(46-35)19-34(27)45-30/h10-13,16-20,23,29,47,49H,8-9,14-15H2,1-7H3/t23-,29-/m0/s1. The Morgan fingerprint density at radius 3 is 2.23 bits per heavy atom. The number of allylic oxidation sites excluding steroid dienone is 9. The second kappa shape index (κ2) is 12.0. The number of nitrogens with one attached hydrogen (secondary N) is 2. The summed E-state index contributed by atoms with van der Waals surface area (Å²) in [7, 11) is 1.46. The summed E-state index contributed by atoms with van der Waals surface area (Å²) >= 11 is 0. The van der Waals surface area contributed by atoms with E-state index >= 15 is 0 Å². The van der Waals surface area contributed by atoms with Crippen molar-refractivity contribution in [3.63, 3.8) is 0 Å². The van der Waals surface area contributed by atoms with Crippen LogP contribution in [0.3, 0.4) is 0 Å². The molecule has 0 spiro atoms. The zero-order chi connectivity index (χ0) is 36.0. The van der Waals surface area contributed by atoms with E-state index in [4.69, 9.17) is 24.7 Å². The summed E-state index contributed by atoms with van der Waals surface area (Å²) in [6.45, 7) is 13.1. The number of carbonyl (C=O) groups is 1. The first kappa shape index (κ1) is 32.3. The van der Waals surface area contributed by atoms with Crippen LogP contribution in [0.15, 0.2) is 115 Å². The van der Waals surface area contributed by atoms with Gasteiger partial charge in [-0.15, -0.1) is 0 Å². The van der Waals surface area contributed by atoms with Gasteiger partial charge in [-0.3, -0.25) is 4.79 Å². The number of benzene rings is 2. The maximum absolute atomic E-state index is 12.6. The normalized spacial score (nSPS) is 20.8. The Kier molecular flexibility index (Phi) is 7.43. The molecule has 0 unspecified atom stereocenters. The third-order valence-electron chi connectivity index (χ3n) is 11.8. The van der Waals surface area contributed by atoms with Gasteiger partial charge in [0, 0.05) is 40.4 Å². The maximum Gasteiger partial charge on any atom is 0.305 e. The van der Waals surface area contributed by atoms with E-state index in [9.17, 15) is 4.79 Å². The van der Waals surface area contributed by atoms with Crippen LogP contribution in [0.2, 0.25) is 0 Å². The molecule has 7 aliphatic rings. The predicted octanol–water partition coefficient (Wildman–Crippen LogP) is 8.13. The van der Waals surface area contributed by atoms with Crippen molar-refractivity contribution in [2.45, 2.75) is 67.2 Å². The molecule has 0 amide bonds. The van der Waals surface area contributed by atoms with Crippen molar-refractivity contribution in [3.05, 3.63) is 116 Å². The molecule has 9 rings (SSSR count). The lowest BCUT2D eigenvalue weighted by Crippen LogP contribution is -2.31. The van der Waals surface area contributed by atoms with Gasteiger partial charge in [-0.05, 0) is 109 Å². The molecule has 0 saturated carbocycles. The van der Waals surface area contributed by atoms with Gasteiger partial charge in [-0.1, -0.05) is 45.0 Å². The molecule has 52 heavy (non-hydrogen) atoms. The van der Waals surface area contributed by atoms with E-state index in [1.807, 2.05) is 0 Å². The molecule has 6 aliphatic heterocycles. The van der Waals surface area contributed by atoms with E-state index in [-0.39, 0.29) is 17.8 Å². The van der Waals surface area contributed by atoms with Gasteiger partial charge in [0.1, 0.15) is 0 Å². The van der Waals surface area contributed by atoms with Crippen molar-refractivity contribution in [1.29, 1.82) is 0 Å².